The third kappa shape index (κ3) is 4.43. The van der Waals surface area contributed by atoms with Crippen molar-refractivity contribution in [3.63, 3.8) is 0 Å². The lowest BCUT2D eigenvalue weighted by Gasteiger charge is -2.54. The SMILES string of the molecule is CC(C)CCCC(C)C1CCC2C(CC=O)C(C3(C)CCC(O)CC3=O)CCC12C. The maximum Gasteiger partial charge on any atom is 0.141 e. The van der Waals surface area contributed by atoms with Crippen molar-refractivity contribution in [2.75, 3.05) is 0 Å². The Labute approximate surface area is 184 Å². The van der Waals surface area contributed by atoms with Gasteiger partial charge in [-0.15, -0.1) is 0 Å². The molecule has 8 atom stereocenters. The van der Waals surface area contributed by atoms with E-state index in [-0.39, 0.29) is 11.2 Å². The average molecular weight is 419 g/mol. The van der Waals surface area contributed by atoms with Gasteiger partial charge in [0.2, 0.25) is 0 Å². The number of aliphatic hydroxyl groups is 1. The first-order valence-electron chi connectivity index (χ1n) is 12.8. The Morgan fingerprint density at radius 2 is 1.77 bits per heavy atom. The van der Waals surface area contributed by atoms with E-state index >= 15 is 0 Å². The summed E-state index contributed by atoms with van der Waals surface area (Å²) in [5, 5.41) is 9.99. The normalized spacial score (nSPS) is 42.9. The molecule has 0 saturated heterocycles. The zero-order valence-electron chi connectivity index (χ0n) is 20.2. The minimum absolute atomic E-state index is 0.238. The highest BCUT2D eigenvalue weighted by molar-refractivity contribution is 5.86. The van der Waals surface area contributed by atoms with E-state index in [4.69, 9.17) is 0 Å². The Bertz CT molecular complexity index is 613. The number of fused-ring (bicyclic) bond motifs is 1. The van der Waals surface area contributed by atoms with Gasteiger partial charge in [0.25, 0.3) is 0 Å². The zero-order valence-corrected chi connectivity index (χ0v) is 20.2. The van der Waals surface area contributed by atoms with Crippen LogP contribution in [0.1, 0.15) is 105 Å². The molecule has 172 valence electrons. The average Bonchev–Trinajstić information content (AvgIpc) is 3.02. The molecule has 30 heavy (non-hydrogen) atoms. The van der Waals surface area contributed by atoms with Gasteiger partial charge in [0, 0.05) is 18.3 Å². The topological polar surface area (TPSA) is 54.4 Å². The number of ketones is 1. The molecule has 0 amide bonds. The third-order valence-electron chi connectivity index (χ3n) is 9.88. The first-order chi connectivity index (χ1) is 14.1. The van der Waals surface area contributed by atoms with E-state index in [2.05, 4.69) is 34.6 Å². The Kier molecular flexibility index (Phi) is 7.53. The minimum Gasteiger partial charge on any atom is -0.393 e. The zero-order chi connectivity index (χ0) is 22.1. The van der Waals surface area contributed by atoms with Gasteiger partial charge in [0.05, 0.1) is 6.10 Å². The minimum atomic E-state index is -0.466. The van der Waals surface area contributed by atoms with Crippen LogP contribution >= 0.6 is 0 Å². The summed E-state index contributed by atoms with van der Waals surface area (Å²) >= 11 is 0. The number of aliphatic hydroxyl groups excluding tert-OH is 1. The second kappa shape index (κ2) is 9.43. The number of rotatable bonds is 8. The highest BCUT2D eigenvalue weighted by Gasteiger charge is 2.58. The first kappa shape index (κ1) is 24.0. The Hall–Kier alpha value is -0.700. The Morgan fingerprint density at radius 3 is 2.40 bits per heavy atom. The van der Waals surface area contributed by atoms with Crippen molar-refractivity contribution in [3.05, 3.63) is 0 Å². The molecule has 3 aliphatic rings. The van der Waals surface area contributed by atoms with Crippen LogP contribution in [0, 0.1) is 46.3 Å². The number of hydrogen-bond donors (Lipinski definition) is 1. The summed E-state index contributed by atoms with van der Waals surface area (Å²) in [4.78, 5) is 24.8. The van der Waals surface area contributed by atoms with E-state index in [0.29, 0.717) is 36.0 Å². The van der Waals surface area contributed by atoms with E-state index in [0.717, 1.165) is 43.3 Å². The van der Waals surface area contributed by atoms with Gasteiger partial charge in [-0.2, -0.15) is 0 Å². The second-order valence-electron chi connectivity index (χ2n) is 12.0. The lowest BCUT2D eigenvalue weighted by molar-refractivity contribution is -0.146. The maximum absolute atomic E-state index is 13.0. The molecule has 0 bridgehead atoms. The molecule has 0 radical (unpaired) electrons. The molecule has 3 nitrogen and oxygen atoms in total. The fourth-order valence-electron chi connectivity index (χ4n) is 8.09. The van der Waals surface area contributed by atoms with Crippen molar-refractivity contribution in [1.29, 1.82) is 0 Å². The number of hydrogen-bond acceptors (Lipinski definition) is 3. The van der Waals surface area contributed by atoms with Crippen LogP contribution in [0.25, 0.3) is 0 Å². The molecule has 3 fully saturated rings. The predicted molar refractivity (Wildman–Crippen MR) is 122 cm³/mol. The van der Waals surface area contributed by atoms with E-state index in [1.807, 2.05) is 0 Å². The molecule has 0 heterocycles. The van der Waals surface area contributed by atoms with E-state index in [1.165, 1.54) is 38.5 Å². The highest BCUT2D eigenvalue weighted by Crippen LogP contribution is 2.64. The lowest BCUT2D eigenvalue weighted by Crippen LogP contribution is -2.51. The van der Waals surface area contributed by atoms with Crippen LogP contribution in [0.2, 0.25) is 0 Å². The molecule has 0 aliphatic heterocycles. The van der Waals surface area contributed by atoms with Crippen LogP contribution in [0.3, 0.4) is 0 Å². The number of carbonyl (C=O) groups excluding carboxylic acids is 2. The Morgan fingerprint density at radius 1 is 1.03 bits per heavy atom. The van der Waals surface area contributed by atoms with Crippen LogP contribution in [-0.4, -0.2) is 23.3 Å². The van der Waals surface area contributed by atoms with Crippen molar-refractivity contribution in [3.8, 4) is 0 Å². The monoisotopic (exact) mass is 418 g/mol. The Balaban J connectivity index is 1.77. The van der Waals surface area contributed by atoms with E-state index in [1.54, 1.807) is 0 Å². The smallest absolute Gasteiger partial charge is 0.141 e. The molecule has 3 saturated carbocycles. The molecular weight excluding hydrogens is 372 g/mol. The highest BCUT2D eigenvalue weighted by atomic mass is 16.3. The largest absolute Gasteiger partial charge is 0.393 e. The molecule has 0 aromatic heterocycles. The summed E-state index contributed by atoms with van der Waals surface area (Å²) in [6, 6.07) is 0. The fourth-order valence-corrected chi connectivity index (χ4v) is 8.09. The van der Waals surface area contributed by atoms with Crippen molar-refractivity contribution in [2.45, 2.75) is 111 Å². The lowest BCUT2D eigenvalue weighted by atomic mass is 9.49. The van der Waals surface area contributed by atoms with E-state index < -0.39 is 6.10 Å². The van der Waals surface area contributed by atoms with Crippen molar-refractivity contribution >= 4 is 12.1 Å². The summed E-state index contributed by atoms with van der Waals surface area (Å²) < 4.78 is 0. The van der Waals surface area contributed by atoms with Gasteiger partial charge in [0.1, 0.15) is 12.1 Å². The third-order valence-corrected chi connectivity index (χ3v) is 9.88. The fraction of sp³-hybridized carbons (Fsp3) is 0.926. The summed E-state index contributed by atoms with van der Waals surface area (Å²) in [5.74, 6) is 3.71. The predicted octanol–water partition coefficient (Wildman–Crippen LogP) is 6.22. The van der Waals surface area contributed by atoms with Gasteiger partial charge in [-0.25, -0.2) is 0 Å². The number of aldehydes is 1. The van der Waals surface area contributed by atoms with Crippen LogP contribution in [-0.2, 0) is 9.59 Å². The number of carbonyl (C=O) groups is 2. The van der Waals surface area contributed by atoms with Gasteiger partial charge < -0.3 is 9.90 Å². The van der Waals surface area contributed by atoms with Gasteiger partial charge >= 0.3 is 0 Å². The van der Waals surface area contributed by atoms with Crippen LogP contribution < -0.4 is 0 Å². The van der Waals surface area contributed by atoms with Gasteiger partial charge in [-0.3, -0.25) is 4.79 Å². The summed E-state index contributed by atoms with van der Waals surface area (Å²) in [6.07, 6.45) is 11.8. The van der Waals surface area contributed by atoms with Crippen molar-refractivity contribution in [2.24, 2.45) is 46.3 Å². The number of Topliss-reactive ketones (excluding diaryl/α,β-unsaturated/α-hetero) is 1. The maximum atomic E-state index is 13.0. The molecule has 0 aromatic carbocycles. The molecule has 1 N–H and O–H groups in total. The second-order valence-corrected chi connectivity index (χ2v) is 12.0. The quantitative estimate of drug-likeness (QED) is 0.476. The molecule has 8 unspecified atom stereocenters. The van der Waals surface area contributed by atoms with E-state index in [9.17, 15) is 14.7 Å². The van der Waals surface area contributed by atoms with Gasteiger partial charge in [-0.1, -0.05) is 53.9 Å². The standard InChI is InChI=1S/C27H46O3/c1-18(2)7-6-8-19(3)22-9-10-23-21(13-16-28)24(12-15-26(22,23)4)27(5)14-11-20(29)17-25(27)30/h16,18-24,29H,6-15,17H2,1-5H3. The molecular formula is C27H46O3. The summed E-state index contributed by atoms with van der Waals surface area (Å²) in [5.41, 5.74) is -0.0375. The molecule has 3 rings (SSSR count). The molecule has 0 aromatic rings. The summed E-state index contributed by atoms with van der Waals surface area (Å²) in [6.45, 7) is 11.8. The van der Waals surface area contributed by atoms with Crippen molar-refractivity contribution < 1.29 is 14.7 Å². The van der Waals surface area contributed by atoms with Crippen molar-refractivity contribution in [1.82, 2.24) is 0 Å². The summed E-state index contributed by atoms with van der Waals surface area (Å²) in [7, 11) is 0. The first-order valence-corrected chi connectivity index (χ1v) is 12.8. The molecule has 3 aliphatic carbocycles. The van der Waals surface area contributed by atoms with Gasteiger partial charge in [0.15, 0.2) is 0 Å². The van der Waals surface area contributed by atoms with Crippen LogP contribution in [0.15, 0.2) is 0 Å². The van der Waals surface area contributed by atoms with Gasteiger partial charge in [-0.05, 0) is 79.4 Å². The van der Waals surface area contributed by atoms with Crippen LogP contribution in [0.4, 0.5) is 0 Å². The molecule has 3 heteroatoms. The van der Waals surface area contributed by atoms with Crippen LogP contribution in [0.5, 0.6) is 0 Å². The molecule has 0 spiro atoms.